The third-order valence-corrected chi connectivity index (χ3v) is 4.48. The second-order valence-electron chi connectivity index (χ2n) is 6.53. The summed E-state index contributed by atoms with van der Waals surface area (Å²) in [5.41, 5.74) is 2.40. The Kier molecular flexibility index (Phi) is 6.85. The molecule has 1 N–H and O–H groups in total. The second-order valence-corrected chi connectivity index (χ2v) is 6.53. The normalized spacial score (nSPS) is 10.6. The van der Waals surface area contributed by atoms with Crippen molar-refractivity contribution < 1.29 is 23.0 Å². The van der Waals surface area contributed by atoms with E-state index in [1.165, 1.54) is 19.2 Å². The lowest BCUT2D eigenvalue weighted by Gasteiger charge is -2.23. The van der Waals surface area contributed by atoms with Gasteiger partial charge in [0.2, 0.25) is 0 Å². The summed E-state index contributed by atoms with van der Waals surface area (Å²) in [6, 6.07) is 21.6. The number of amides is 1. The fourth-order valence-electron chi connectivity index (χ4n) is 3.11. The fourth-order valence-corrected chi connectivity index (χ4v) is 3.11. The van der Waals surface area contributed by atoms with Crippen LogP contribution in [0.25, 0.3) is 0 Å². The number of halogens is 2. The number of hydrogen-bond acceptors (Lipinski definition) is 4. The van der Waals surface area contributed by atoms with Crippen molar-refractivity contribution in [2.45, 2.75) is 13.2 Å². The molecule has 1 amide bonds. The highest BCUT2D eigenvalue weighted by atomic mass is 19.3. The summed E-state index contributed by atoms with van der Waals surface area (Å²) in [6.07, 6.45) is 0. The van der Waals surface area contributed by atoms with Gasteiger partial charge in [0.1, 0.15) is 0 Å². The Bertz CT molecular complexity index is 997. The lowest BCUT2D eigenvalue weighted by molar-refractivity contribution is -0.0515. The van der Waals surface area contributed by atoms with Crippen molar-refractivity contribution in [3.05, 3.63) is 83.9 Å². The molecule has 30 heavy (non-hydrogen) atoms. The molecule has 7 heteroatoms. The average Bonchev–Trinajstić information content (AvgIpc) is 2.74. The zero-order valence-electron chi connectivity index (χ0n) is 16.6. The highest BCUT2D eigenvalue weighted by Gasteiger charge is 2.21. The topological polar surface area (TPSA) is 50.8 Å². The Hall–Kier alpha value is -3.61. The first kappa shape index (κ1) is 21.1. The number of carbonyl (C=O) groups excluding carboxylic acids is 1. The number of benzene rings is 3. The molecule has 3 rings (SSSR count). The molecule has 0 aliphatic heterocycles. The minimum absolute atomic E-state index is 0.0461. The molecule has 0 spiro atoms. The quantitative estimate of drug-likeness (QED) is 0.554. The average molecular weight is 412 g/mol. The first-order valence-electron chi connectivity index (χ1n) is 9.27. The highest BCUT2D eigenvalue weighted by molar-refractivity contribution is 6.08. The molecule has 0 unspecified atom stereocenters. The number of carbonyl (C=O) groups is 1. The smallest absolute Gasteiger partial charge is 0.387 e. The summed E-state index contributed by atoms with van der Waals surface area (Å²) < 4.78 is 35.4. The third-order valence-electron chi connectivity index (χ3n) is 4.48. The van der Waals surface area contributed by atoms with E-state index in [1.807, 2.05) is 54.4 Å². The second kappa shape index (κ2) is 9.73. The molecule has 0 aliphatic rings. The SMILES string of the molecule is COc1cccc(C(=O)Nc2ccccc2N(C)Cc2ccccc2)c1OC(F)F. The first-order valence-corrected chi connectivity index (χ1v) is 9.27. The molecule has 0 aromatic heterocycles. The standard InChI is InChI=1S/C23H22F2N2O3/c1-27(15-16-9-4-3-5-10-16)19-13-7-6-12-18(19)26-22(28)17-11-8-14-20(29-2)21(17)30-23(24)25/h3-14,23H,15H2,1-2H3,(H,26,28). The number of anilines is 2. The van der Waals surface area contributed by atoms with Crippen LogP contribution in [0.2, 0.25) is 0 Å². The lowest BCUT2D eigenvalue weighted by atomic mass is 10.1. The van der Waals surface area contributed by atoms with Crippen molar-refractivity contribution >= 4 is 17.3 Å². The van der Waals surface area contributed by atoms with Crippen LogP contribution in [-0.4, -0.2) is 26.7 Å². The minimum atomic E-state index is -3.09. The van der Waals surface area contributed by atoms with Gasteiger partial charge in [-0.1, -0.05) is 48.5 Å². The Morgan fingerprint density at radius 2 is 1.70 bits per heavy atom. The van der Waals surface area contributed by atoms with E-state index in [4.69, 9.17) is 4.74 Å². The van der Waals surface area contributed by atoms with E-state index in [1.54, 1.807) is 18.2 Å². The fraction of sp³-hybridized carbons (Fsp3) is 0.174. The van der Waals surface area contributed by atoms with Crippen molar-refractivity contribution in [1.29, 1.82) is 0 Å². The Morgan fingerprint density at radius 1 is 1.00 bits per heavy atom. The number of para-hydroxylation sites is 3. The number of methoxy groups -OCH3 is 1. The van der Waals surface area contributed by atoms with Crippen LogP contribution >= 0.6 is 0 Å². The van der Waals surface area contributed by atoms with E-state index in [0.717, 1.165) is 11.3 Å². The molecule has 0 aliphatic carbocycles. The molecule has 0 saturated heterocycles. The van der Waals surface area contributed by atoms with Gasteiger partial charge < -0.3 is 19.7 Å². The molecule has 0 fully saturated rings. The van der Waals surface area contributed by atoms with Gasteiger partial charge in [-0.3, -0.25) is 4.79 Å². The van der Waals surface area contributed by atoms with Crippen molar-refractivity contribution in [3.63, 3.8) is 0 Å². The Morgan fingerprint density at radius 3 is 2.40 bits per heavy atom. The van der Waals surface area contributed by atoms with Crippen LogP contribution < -0.4 is 19.7 Å². The number of rotatable bonds is 8. The van der Waals surface area contributed by atoms with Gasteiger partial charge in [-0.15, -0.1) is 0 Å². The summed E-state index contributed by atoms with van der Waals surface area (Å²) in [7, 11) is 3.23. The maximum atomic E-state index is 12.9. The maximum absolute atomic E-state index is 12.9. The molecule has 0 bridgehead atoms. The summed E-state index contributed by atoms with van der Waals surface area (Å²) in [6.45, 7) is -2.45. The van der Waals surface area contributed by atoms with Crippen molar-refractivity contribution in [3.8, 4) is 11.5 Å². The summed E-state index contributed by atoms with van der Waals surface area (Å²) in [4.78, 5) is 14.9. The van der Waals surface area contributed by atoms with Crippen LogP contribution in [-0.2, 0) is 6.54 Å². The van der Waals surface area contributed by atoms with Gasteiger partial charge in [0, 0.05) is 13.6 Å². The van der Waals surface area contributed by atoms with Gasteiger partial charge in [-0.25, -0.2) is 0 Å². The summed E-state index contributed by atoms with van der Waals surface area (Å²) >= 11 is 0. The Balaban J connectivity index is 1.86. The molecular formula is C23H22F2N2O3. The summed E-state index contributed by atoms with van der Waals surface area (Å²) in [5, 5.41) is 2.80. The number of ether oxygens (including phenoxy) is 2. The van der Waals surface area contributed by atoms with Crippen LogP contribution in [0, 0.1) is 0 Å². The van der Waals surface area contributed by atoms with Crippen molar-refractivity contribution in [2.24, 2.45) is 0 Å². The molecule has 0 heterocycles. The molecule has 3 aromatic carbocycles. The van der Waals surface area contributed by atoms with E-state index >= 15 is 0 Å². The van der Waals surface area contributed by atoms with Crippen LogP contribution in [0.15, 0.2) is 72.8 Å². The zero-order valence-corrected chi connectivity index (χ0v) is 16.6. The number of nitrogens with zero attached hydrogens (tertiary/aromatic N) is 1. The van der Waals surface area contributed by atoms with Gasteiger partial charge in [0.05, 0.1) is 24.0 Å². The molecule has 5 nitrogen and oxygen atoms in total. The highest BCUT2D eigenvalue weighted by Crippen LogP contribution is 2.34. The zero-order chi connectivity index (χ0) is 21.5. The first-order chi connectivity index (χ1) is 14.5. The molecule has 0 atom stereocenters. The van der Waals surface area contributed by atoms with E-state index < -0.39 is 12.5 Å². The maximum Gasteiger partial charge on any atom is 0.387 e. The van der Waals surface area contributed by atoms with Crippen LogP contribution in [0.4, 0.5) is 20.2 Å². The van der Waals surface area contributed by atoms with Crippen LogP contribution in [0.3, 0.4) is 0 Å². The van der Waals surface area contributed by atoms with E-state index in [0.29, 0.717) is 12.2 Å². The van der Waals surface area contributed by atoms with E-state index in [-0.39, 0.29) is 17.1 Å². The van der Waals surface area contributed by atoms with Gasteiger partial charge in [-0.2, -0.15) is 8.78 Å². The van der Waals surface area contributed by atoms with E-state index in [2.05, 4.69) is 10.1 Å². The lowest BCUT2D eigenvalue weighted by Crippen LogP contribution is -2.20. The Labute approximate surface area is 173 Å². The van der Waals surface area contributed by atoms with Crippen molar-refractivity contribution in [2.75, 3.05) is 24.4 Å². The summed E-state index contributed by atoms with van der Waals surface area (Å²) in [5.74, 6) is -0.829. The molecule has 0 radical (unpaired) electrons. The molecular weight excluding hydrogens is 390 g/mol. The molecule has 3 aromatic rings. The minimum Gasteiger partial charge on any atom is -0.493 e. The predicted octanol–water partition coefficient (Wildman–Crippen LogP) is 5.19. The molecule has 0 saturated carbocycles. The largest absolute Gasteiger partial charge is 0.493 e. The number of nitrogens with one attached hydrogen (secondary N) is 1. The molecule has 156 valence electrons. The number of hydrogen-bond donors (Lipinski definition) is 1. The monoisotopic (exact) mass is 412 g/mol. The predicted molar refractivity (Wildman–Crippen MR) is 113 cm³/mol. The number of alkyl halides is 2. The third kappa shape index (κ3) is 5.05. The van der Waals surface area contributed by atoms with Crippen LogP contribution in [0.1, 0.15) is 15.9 Å². The van der Waals surface area contributed by atoms with E-state index in [9.17, 15) is 13.6 Å². The van der Waals surface area contributed by atoms with Gasteiger partial charge in [-0.05, 0) is 29.8 Å². The van der Waals surface area contributed by atoms with Gasteiger partial charge >= 0.3 is 6.61 Å². The van der Waals surface area contributed by atoms with Gasteiger partial charge in [0.25, 0.3) is 5.91 Å². The van der Waals surface area contributed by atoms with Gasteiger partial charge in [0.15, 0.2) is 11.5 Å². The van der Waals surface area contributed by atoms with Crippen LogP contribution in [0.5, 0.6) is 11.5 Å². The van der Waals surface area contributed by atoms with Crippen molar-refractivity contribution in [1.82, 2.24) is 0 Å².